The molecule has 0 aromatic carbocycles. The van der Waals surface area contributed by atoms with E-state index in [-0.39, 0.29) is 17.9 Å². The van der Waals surface area contributed by atoms with Crippen molar-refractivity contribution in [2.24, 2.45) is 5.92 Å². The van der Waals surface area contributed by atoms with Crippen molar-refractivity contribution in [1.82, 2.24) is 5.32 Å². The second kappa shape index (κ2) is 2.88. The Bertz CT molecular complexity index is 305. The van der Waals surface area contributed by atoms with Crippen LogP contribution in [-0.2, 0) is 4.79 Å². The number of furan rings is 1. The molecule has 2 rings (SSSR count). The SMILES string of the molecule is CC(O)C1C(=O)NC1c1ccco1. The van der Waals surface area contributed by atoms with Gasteiger partial charge in [0, 0.05) is 0 Å². The highest BCUT2D eigenvalue weighted by Crippen LogP contribution is 2.32. The zero-order valence-electron chi connectivity index (χ0n) is 7.23. The van der Waals surface area contributed by atoms with Crippen LogP contribution in [0.3, 0.4) is 0 Å². The third-order valence-corrected chi connectivity index (χ3v) is 2.33. The Hall–Kier alpha value is -1.29. The summed E-state index contributed by atoms with van der Waals surface area (Å²) in [6, 6.07) is 3.39. The number of aliphatic hydroxyl groups excluding tert-OH is 1. The van der Waals surface area contributed by atoms with Crippen molar-refractivity contribution in [3.8, 4) is 0 Å². The molecule has 4 heteroatoms. The first-order valence-corrected chi connectivity index (χ1v) is 4.22. The van der Waals surface area contributed by atoms with Crippen molar-refractivity contribution in [2.45, 2.75) is 19.1 Å². The number of carbonyl (C=O) groups is 1. The van der Waals surface area contributed by atoms with Crippen LogP contribution in [0, 0.1) is 5.92 Å². The molecular weight excluding hydrogens is 170 g/mol. The van der Waals surface area contributed by atoms with Gasteiger partial charge in [0.2, 0.25) is 5.91 Å². The van der Waals surface area contributed by atoms with E-state index in [4.69, 9.17) is 4.42 Å². The monoisotopic (exact) mass is 181 g/mol. The highest BCUT2D eigenvalue weighted by Gasteiger charge is 2.44. The summed E-state index contributed by atoms with van der Waals surface area (Å²) in [6.45, 7) is 1.61. The van der Waals surface area contributed by atoms with Crippen LogP contribution in [0.1, 0.15) is 18.7 Å². The van der Waals surface area contributed by atoms with E-state index in [0.717, 1.165) is 0 Å². The Kier molecular flexibility index (Phi) is 1.84. The van der Waals surface area contributed by atoms with E-state index in [1.165, 1.54) is 0 Å². The zero-order chi connectivity index (χ0) is 9.42. The number of hydrogen-bond acceptors (Lipinski definition) is 3. The van der Waals surface area contributed by atoms with Crippen LogP contribution in [0.2, 0.25) is 0 Å². The summed E-state index contributed by atoms with van der Waals surface area (Å²) in [5.41, 5.74) is 0. The summed E-state index contributed by atoms with van der Waals surface area (Å²) in [6.07, 6.45) is 0.919. The number of aliphatic hydroxyl groups is 1. The number of nitrogens with one attached hydrogen (secondary N) is 1. The van der Waals surface area contributed by atoms with Crippen LogP contribution in [0.15, 0.2) is 22.8 Å². The van der Waals surface area contributed by atoms with Gasteiger partial charge in [0.25, 0.3) is 0 Å². The largest absolute Gasteiger partial charge is 0.467 e. The summed E-state index contributed by atoms with van der Waals surface area (Å²) in [5, 5.41) is 12.0. The Morgan fingerprint density at radius 2 is 2.46 bits per heavy atom. The molecule has 13 heavy (non-hydrogen) atoms. The minimum absolute atomic E-state index is 0.114. The average Bonchev–Trinajstić information content (AvgIpc) is 2.50. The van der Waals surface area contributed by atoms with Crippen molar-refractivity contribution in [1.29, 1.82) is 0 Å². The maximum absolute atomic E-state index is 11.1. The predicted octanol–water partition coefficient (Wildman–Crippen LogP) is 0.447. The lowest BCUT2D eigenvalue weighted by Gasteiger charge is -2.36. The number of rotatable bonds is 2. The molecule has 70 valence electrons. The third-order valence-electron chi connectivity index (χ3n) is 2.33. The normalized spacial score (nSPS) is 29.2. The number of β-lactam (4-membered cyclic amide) rings is 1. The Balaban J connectivity index is 2.15. The smallest absolute Gasteiger partial charge is 0.228 e. The van der Waals surface area contributed by atoms with Gasteiger partial charge in [-0.25, -0.2) is 0 Å². The van der Waals surface area contributed by atoms with Crippen molar-refractivity contribution in [3.63, 3.8) is 0 Å². The van der Waals surface area contributed by atoms with E-state index in [2.05, 4.69) is 5.32 Å². The fourth-order valence-corrected chi connectivity index (χ4v) is 1.61. The van der Waals surface area contributed by atoms with Gasteiger partial charge in [0.05, 0.1) is 18.3 Å². The summed E-state index contributed by atoms with van der Waals surface area (Å²) in [4.78, 5) is 11.1. The lowest BCUT2D eigenvalue weighted by Crippen LogP contribution is -2.55. The third kappa shape index (κ3) is 1.23. The van der Waals surface area contributed by atoms with Crippen molar-refractivity contribution >= 4 is 5.91 Å². The fourth-order valence-electron chi connectivity index (χ4n) is 1.61. The van der Waals surface area contributed by atoms with Gasteiger partial charge in [0.1, 0.15) is 11.8 Å². The van der Waals surface area contributed by atoms with Gasteiger partial charge in [-0.1, -0.05) is 0 Å². The fraction of sp³-hybridized carbons (Fsp3) is 0.444. The van der Waals surface area contributed by atoms with E-state index >= 15 is 0 Å². The summed E-state index contributed by atoms with van der Waals surface area (Å²) in [5.74, 6) is 0.216. The van der Waals surface area contributed by atoms with Gasteiger partial charge >= 0.3 is 0 Å². The minimum atomic E-state index is -0.635. The van der Waals surface area contributed by atoms with Crippen LogP contribution in [0.4, 0.5) is 0 Å². The van der Waals surface area contributed by atoms with Crippen molar-refractivity contribution in [3.05, 3.63) is 24.2 Å². The summed E-state index contributed by atoms with van der Waals surface area (Å²) >= 11 is 0. The molecule has 3 atom stereocenters. The highest BCUT2D eigenvalue weighted by atomic mass is 16.3. The van der Waals surface area contributed by atoms with E-state index in [0.29, 0.717) is 5.76 Å². The van der Waals surface area contributed by atoms with Crippen molar-refractivity contribution < 1.29 is 14.3 Å². The number of carbonyl (C=O) groups excluding carboxylic acids is 1. The zero-order valence-corrected chi connectivity index (χ0v) is 7.23. The molecule has 4 nitrogen and oxygen atoms in total. The van der Waals surface area contributed by atoms with Crippen LogP contribution >= 0.6 is 0 Å². The van der Waals surface area contributed by atoms with Crippen LogP contribution in [0.25, 0.3) is 0 Å². The quantitative estimate of drug-likeness (QED) is 0.651. The molecule has 1 saturated heterocycles. The second-order valence-corrected chi connectivity index (χ2v) is 3.27. The van der Waals surface area contributed by atoms with E-state index in [9.17, 15) is 9.90 Å². The molecule has 1 aromatic heterocycles. The van der Waals surface area contributed by atoms with Crippen molar-refractivity contribution in [2.75, 3.05) is 0 Å². The molecule has 1 fully saturated rings. The summed E-state index contributed by atoms with van der Waals surface area (Å²) in [7, 11) is 0. The van der Waals surface area contributed by atoms with E-state index < -0.39 is 6.10 Å². The minimum Gasteiger partial charge on any atom is -0.467 e. The maximum atomic E-state index is 11.1. The molecule has 1 aromatic rings. The highest BCUT2D eigenvalue weighted by molar-refractivity contribution is 5.86. The molecule has 1 aliphatic heterocycles. The lowest BCUT2D eigenvalue weighted by molar-refractivity contribution is -0.141. The second-order valence-electron chi connectivity index (χ2n) is 3.27. The van der Waals surface area contributed by atoms with Gasteiger partial charge in [0.15, 0.2) is 0 Å². The first kappa shape index (κ1) is 8.31. The molecule has 1 aliphatic rings. The molecule has 0 radical (unpaired) electrons. The molecule has 3 unspecified atom stereocenters. The topological polar surface area (TPSA) is 62.5 Å². The van der Waals surface area contributed by atoms with E-state index in [1.807, 2.05) is 0 Å². The van der Waals surface area contributed by atoms with Gasteiger partial charge < -0.3 is 14.8 Å². The molecule has 0 aliphatic carbocycles. The molecule has 0 bridgehead atoms. The van der Waals surface area contributed by atoms with Gasteiger partial charge in [-0.3, -0.25) is 4.79 Å². The number of amides is 1. The van der Waals surface area contributed by atoms with Crippen LogP contribution in [-0.4, -0.2) is 17.1 Å². The Morgan fingerprint density at radius 3 is 2.92 bits per heavy atom. The maximum Gasteiger partial charge on any atom is 0.228 e. The Morgan fingerprint density at radius 1 is 1.69 bits per heavy atom. The summed E-state index contributed by atoms with van der Waals surface area (Å²) < 4.78 is 5.14. The molecule has 2 heterocycles. The van der Waals surface area contributed by atoms with Gasteiger partial charge in [-0.2, -0.15) is 0 Å². The first-order valence-electron chi connectivity index (χ1n) is 4.22. The average molecular weight is 181 g/mol. The molecule has 0 spiro atoms. The molecule has 2 N–H and O–H groups in total. The van der Waals surface area contributed by atoms with Gasteiger partial charge in [-0.05, 0) is 19.1 Å². The molecule has 1 amide bonds. The predicted molar refractivity (Wildman–Crippen MR) is 44.8 cm³/mol. The standard InChI is InChI=1S/C9H11NO3/c1-5(11)7-8(10-9(7)12)6-3-2-4-13-6/h2-5,7-8,11H,1H3,(H,10,12). The van der Waals surface area contributed by atoms with Crippen LogP contribution < -0.4 is 5.32 Å². The number of hydrogen-bond donors (Lipinski definition) is 2. The molecular formula is C9H11NO3. The lowest BCUT2D eigenvalue weighted by atomic mass is 9.85. The van der Waals surface area contributed by atoms with E-state index in [1.54, 1.807) is 25.3 Å². The first-order chi connectivity index (χ1) is 6.20. The molecule has 0 saturated carbocycles. The van der Waals surface area contributed by atoms with Crippen LogP contribution in [0.5, 0.6) is 0 Å². The van der Waals surface area contributed by atoms with Gasteiger partial charge in [-0.15, -0.1) is 0 Å². The Labute approximate surface area is 75.6 Å².